The second-order valence-corrected chi connectivity index (χ2v) is 4.87. The molecule has 1 aromatic rings. The summed E-state index contributed by atoms with van der Waals surface area (Å²) in [6, 6.07) is 2.55. The van der Waals surface area contributed by atoms with Gasteiger partial charge in [-0.3, -0.25) is 0 Å². The molecule has 0 saturated carbocycles. The monoisotopic (exact) mass is 282 g/mol. The van der Waals surface area contributed by atoms with Crippen LogP contribution in [0.25, 0.3) is 0 Å². The summed E-state index contributed by atoms with van der Waals surface area (Å²) in [4.78, 5) is 0. The first-order valence-corrected chi connectivity index (χ1v) is 6.79. The average Bonchev–Trinajstić information content (AvgIpc) is 2.27. The normalized spacial score (nSPS) is 13.7. The lowest BCUT2D eigenvalue weighted by Gasteiger charge is -2.13. The molecule has 1 aromatic carbocycles. The highest BCUT2D eigenvalue weighted by molar-refractivity contribution is 7.98. The number of benzene rings is 1. The van der Waals surface area contributed by atoms with Crippen LogP contribution in [-0.2, 0) is 6.18 Å². The van der Waals surface area contributed by atoms with Gasteiger partial charge in [0.1, 0.15) is 5.82 Å². The smallest absolute Gasteiger partial charge is 0.388 e. The van der Waals surface area contributed by atoms with Crippen LogP contribution in [0.3, 0.4) is 0 Å². The molecule has 0 heterocycles. The Morgan fingerprint density at radius 2 is 2.00 bits per heavy atom. The molecule has 6 heteroatoms. The van der Waals surface area contributed by atoms with E-state index in [4.69, 9.17) is 0 Å². The van der Waals surface area contributed by atoms with Gasteiger partial charge in [0.05, 0.1) is 11.7 Å². The zero-order valence-electron chi connectivity index (χ0n) is 9.80. The lowest BCUT2D eigenvalue weighted by Crippen LogP contribution is -2.09. The molecular weight excluding hydrogens is 268 g/mol. The Morgan fingerprint density at radius 1 is 1.33 bits per heavy atom. The number of hydrogen-bond acceptors (Lipinski definition) is 2. The molecule has 0 saturated heterocycles. The molecule has 0 amide bonds. The minimum atomic E-state index is -4.70. The molecule has 1 rings (SSSR count). The molecule has 1 unspecified atom stereocenters. The largest absolute Gasteiger partial charge is 0.419 e. The minimum Gasteiger partial charge on any atom is -0.388 e. The van der Waals surface area contributed by atoms with E-state index in [-0.39, 0.29) is 5.56 Å². The van der Waals surface area contributed by atoms with Crippen LogP contribution in [-0.4, -0.2) is 17.1 Å². The molecule has 1 nitrogen and oxygen atoms in total. The van der Waals surface area contributed by atoms with Crippen molar-refractivity contribution in [3.8, 4) is 0 Å². The fourth-order valence-corrected chi connectivity index (χ4v) is 2.01. The van der Waals surface area contributed by atoms with Crippen LogP contribution in [0, 0.1) is 5.82 Å². The van der Waals surface area contributed by atoms with Crippen molar-refractivity contribution in [3.63, 3.8) is 0 Å². The van der Waals surface area contributed by atoms with Crippen molar-refractivity contribution in [1.82, 2.24) is 0 Å². The minimum absolute atomic E-state index is 0.182. The van der Waals surface area contributed by atoms with E-state index < -0.39 is 23.7 Å². The topological polar surface area (TPSA) is 20.2 Å². The van der Waals surface area contributed by atoms with Gasteiger partial charge in [0, 0.05) is 0 Å². The molecule has 0 radical (unpaired) electrons. The quantitative estimate of drug-likeness (QED) is 0.650. The first-order valence-electron chi connectivity index (χ1n) is 5.40. The molecule has 0 aliphatic rings. The summed E-state index contributed by atoms with van der Waals surface area (Å²) in [5, 5.41) is 9.71. The Labute approximate surface area is 107 Å². The highest BCUT2D eigenvalue weighted by Crippen LogP contribution is 2.32. The third-order valence-corrected chi connectivity index (χ3v) is 3.21. The second kappa shape index (κ2) is 6.43. The molecule has 1 atom stereocenters. The van der Waals surface area contributed by atoms with E-state index in [1.807, 2.05) is 6.26 Å². The van der Waals surface area contributed by atoms with Gasteiger partial charge >= 0.3 is 6.18 Å². The van der Waals surface area contributed by atoms with E-state index in [0.29, 0.717) is 12.5 Å². The molecule has 1 N–H and O–H groups in total. The van der Waals surface area contributed by atoms with Crippen LogP contribution in [0.2, 0.25) is 0 Å². The van der Waals surface area contributed by atoms with E-state index in [1.165, 1.54) is 0 Å². The molecule has 0 fully saturated rings. The maximum absolute atomic E-state index is 13.3. The first kappa shape index (κ1) is 15.3. The van der Waals surface area contributed by atoms with Gasteiger partial charge in [0.25, 0.3) is 0 Å². The number of aliphatic hydroxyl groups excluding tert-OH is 1. The Balaban J connectivity index is 2.78. The Morgan fingerprint density at radius 3 is 2.50 bits per heavy atom. The molecule has 0 spiro atoms. The number of hydrogen-bond donors (Lipinski definition) is 1. The summed E-state index contributed by atoms with van der Waals surface area (Å²) in [7, 11) is 0. The number of alkyl halides is 3. The van der Waals surface area contributed by atoms with Gasteiger partial charge in [-0.05, 0) is 42.5 Å². The molecule has 0 aromatic heterocycles. The van der Waals surface area contributed by atoms with Crippen LogP contribution in [0.4, 0.5) is 17.6 Å². The highest BCUT2D eigenvalue weighted by atomic mass is 32.2. The SMILES string of the molecule is CSCCCC(O)c1ccc(C(F)(F)F)c(F)c1. The first-order chi connectivity index (χ1) is 8.36. The van der Waals surface area contributed by atoms with Crippen LogP contribution < -0.4 is 0 Å². The Bertz CT molecular complexity index is 392. The van der Waals surface area contributed by atoms with Crippen LogP contribution >= 0.6 is 11.8 Å². The van der Waals surface area contributed by atoms with Crippen LogP contribution in [0.1, 0.15) is 30.1 Å². The average molecular weight is 282 g/mol. The summed E-state index contributed by atoms with van der Waals surface area (Å²) < 4.78 is 50.2. The fraction of sp³-hybridized carbons (Fsp3) is 0.500. The summed E-state index contributed by atoms with van der Waals surface area (Å²) in [6.45, 7) is 0. The third-order valence-electron chi connectivity index (χ3n) is 2.51. The lowest BCUT2D eigenvalue weighted by molar-refractivity contribution is -0.140. The maximum Gasteiger partial charge on any atom is 0.419 e. The third kappa shape index (κ3) is 4.17. The number of rotatable bonds is 5. The van der Waals surface area contributed by atoms with E-state index in [0.717, 1.165) is 24.3 Å². The van der Waals surface area contributed by atoms with Crippen molar-refractivity contribution in [2.75, 3.05) is 12.0 Å². The number of aliphatic hydroxyl groups is 1. The maximum atomic E-state index is 13.3. The zero-order valence-corrected chi connectivity index (χ0v) is 10.6. The predicted molar refractivity (Wildman–Crippen MR) is 64.0 cm³/mol. The van der Waals surface area contributed by atoms with E-state index in [2.05, 4.69) is 0 Å². The molecule has 0 aliphatic carbocycles. The molecule has 0 aliphatic heterocycles. The van der Waals surface area contributed by atoms with E-state index in [1.54, 1.807) is 11.8 Å². The van der Waals surface area contributed by atoms with Crippen LogP contribution in [0.5, 0.6) is 0 Å². The van der Waals surface area contributed by atoms with Gasteiger partial charge in [0.2, 0.25) is 0 Å². The van der Waals surface area contributed by atoms with Gasteiger partial charge in [0.15, 0.2) is 0 Å². The predicted octanol–water partition coefficient (Wildman–Crippen LogP) is 4.02. The fourth-order valence-electron chi connectivity index (χ4n) is 1.56. The van der Waals surface area contributed by atoms with Crippen molar-refractivity contribution >= 4 is 11.8 Å². The zero-order chi connectivity index (χ0) is 13.8. The van der Waals surface area contributed by atoms with Crippen molar-refractivity contribution in [2.24, 2.45) is 0 Å². The highest BCUT2D eigenvalue weighted by Gasteiger charge is 2.34. The molecular formula is C12H14F4OS. The standard InChI is InChI=1S/C12H14F4OS/c1-18-6-2-3-11(17)8-4-5-9(10(13)7-8)12(14,15)16/h4-5,7,11,17H,2-3,6H2,1H3. The van der Waals surface area contributed by atoms with Gasteiger partial charge < -0.3 is 5.11 Å². The Kier molecular flexibility index (Phi) is 5.47. The van der Waals surface area contributed by atoms with Crippen molar-refractivity contribution in [1.29, 1.82) is 0 Å². The Hall–Kier alpha value is -0.750. The van der Waals surface area contributed by atoms with Crippen LogP contribution in [0.15, 0.2) is 18.2 Å². The summed E-state index contributed by atoms with van der Waals surface area (Å²) in [5.41, 5.74) is -1.12. The van der Waals surface area contributed by atoms with Gasteiger partial charge in [-0.15, -0.1) is 0 Å². The summed E-state index contributed by atoms with van der Waals surface area (Å²) >= 11 is 1.61. The molecule has 102 valence electrons. The van der Waals surface area contributed by atoms with Crippen molar-refractivity contribution in [3.05, 3.63) is 35.1 Å². The van der Waals surface area contributed by atoms with Gasteiger partial charge in [-0.2, -0.15) is 24.9 Å². The number of thioether (sulfide) groups is 1. The van der Waals surface area contributed by atoms with Gasteiger partial charge in [-0.1, -0.05) is 6.07 Å². The lowest BCUT2D eigenvalue weighted by atomic mass is 10.0. The summed E-state index contributed by atoms with van der Waals surface area (Å²) in [5.74, 6) is -0.496. The van der Waals surface area contributed by atoms with Crippen molar-refractivity contribution in [2.45, 2.75) is 25.1 Å². The number of halogens is 4. The van der Waals surface area contributed by atoms with Gasteiger partial charge in [-0.25, -0.2) is 4.39 Å². The molecule has 0 bridgehead atoms. The van der Waals surface area contributed by atoms with E-state index >= 15 is 0 Å². The summed E-state index contributed by atoms with van der Waals surface area (Å²) in [6.07, 6.45) is -2.57. The van der Waals surface area contributed by atoms with Crippen molar-refractivity contribution < 1.29 is 22.7 Å². The van der Waals surface area contributed by atoms with E-state index in [9.17, 15) is 22.7 Å². The molecule has 18 heavy (non-hydrogen) atoms. The second-order valence-electron chi connectivity index (χ2n) is 3.89.